The maximum atomic E-state index is 13.8. The third kappa shape index (κ3) is 6.21. The molecule has 0 saturated heterocycles. The number of methoxy groups -OCH3 is 2. The Morgan fingerprint density at radius 2 is 1.64 bits per heavy atom. The summed E-state index contributed by atoms with van der Waals surface area (Å²) < 4.78 is 17.0. The minimum absolute atomic E-state index is 0.0492. The number of amides is 1. The molecule has 0 radical (unpaired) electrons. The fourth-order valence-corrected chi connectivity index (χ4v) is 5.97. The van der Waals surface area contributed by atoms with Gasteiger partial charge in [-0.05, 0) is 35.6 Å². The van der Waals surface area contributed by atoms with Gasteiger partial charge in [-0.1, -0.05) is 72.4 Å². The number of carbonyl (C=O) groups is 2. The number of esters is 1. The average Bonchev–Trinajstić information content (AvgIpc) is 3.41. The largest absolute Gasteiger partial charge is 0.497 e. The summed E-state index contributed by atoms with van der Waals surface area (Å²) >= 11 is 1.43. The van der Waals surface area contributed by atoms with E-state index in [1.165, 1.54) is 11.8 Å². The maximum Gasteiger partial charge on any atom is 0.338 e. The molecule has 0 fully saturated rings. The van der Waals surface area contributed by atoms with Crippen LogP contribution < -0.4 is 9.47 Å². The Morgan fingerprint density at radius 3 is 2.31 bits per heavy atom. The molecule has 42 heavy (non-hydrogen) atoms. The van der Waals surface area contributed by atoms with Gasteiger partial charge in [0.15, 0.2) is 5.17 Å². The van der Waals surface area contributed by atoms with Crippen molar-refractivity contribution in [1.29, 1.82) is 0 Å². The zero-order valence-corrected chi connectivity index (χ0v) is 24.9. The molecule has 0 aliphatic carbocycles. The number of carbonyl (C=O) groups excluding carboxylic acids is 2. The number of benzene rings is 3. The smallest absolute Gasteiger partial charge is 0.338 e. The van der Waals surface area contributed by atoms with E-state index in [0.29, 0.717) is 34.5 Å². The summed E-state index contributed by atoms with van der Waals surface area (Å²) in [4.78, 5) is 35.6. The molecule has 3 aromatic carbocycles. The number of rotatable bonds is 10. The molecular weight excluding hydrogens is 550 g/mol. The molecule has 2 aliphatic rings. The molecular formula is C33H33N3O5S. The van der Waals surface area contributed by atoms with Gasteiger partial charge in [-0.3, -0.25) is 4.79 Å². The first-order chi connectivity index (χ1) is 20.4. The Bertz CT molecular complexity index is 1550. The minimum atomic E-state index is -0.630. The number of ether oxygens (including phenoxy) is 3. The lowest BCUT2D eigenvalue weighted by atomic mass is 9.93. The van der Waals surface area contributed by atoms with Crippen molar-refractivity contribution in [2.45, 2.75) is 32.5 Å². The molecule has 0 spiro atoms. The number of hydrogen-bond donors (Lipinski definition) is 0. The van der Waals surface area contributed by atoms with Crippen LogP contribution in [-0.4, -0.2) is 48.1 Å². The predicted octanol–water partition coefficient (Wildman–Crippen LogP) is 6.07. The molecule has 1 amide bonds. The van der Waals surface area contributed by atoms with E-state index in [0.717, 1.165) is 22.4 Å². The Kier molecular flexibility index (Phi) is 8.97. The first-order valence-electron chi connectivity index (χ1n) is 13.5. The zero-order valence-electron chi connectivity index (χ0n) is 24.1. The van der Waals surface area contributed by atoms with Crippen molar-refractivity contribution in [2.75, 3.05) is 21.3 Å². The van der Waals surface area contributed by atoms with E-state index in [-0.39, 0.29) is 18.9 Å². The van der Waals surface area contributed by atoms with Gasteiger partial charge >= 0.3 is 5.97 Å². The highest BCUT2D eigenvalue weighted by molar-refractivity contribution is 8.16. The number of amidine groups is 1. The fourth-order valence-electron chi connectivity index (χ4n) is 5.01. The van der Waals surface area contributed by atoms with Crippen LogP contribution in [0.2, 0.25) is 0 Å². The van der Waals surface area contributed by atoms with E-state index in [2.05, 4.69) is 0 Å². The highest BCUT2D eigenvalue weighted by Crippen LogP contribution is 2.47. The van der Waals surface area contributed by atoms with Gasteiger partial charge in [0.1, 0.15) is 18.1 Å². The van der Waals surface area contributed by atoms with Crippen LogP contribution in [0, 0.1) is 0 Å². The second-order valence-corrected chi connectivity index (χ2v) is 10.8. The van der Waals surface area contributed by atoms with Crippen molar-refractivity contribution < 1.29 is 23.8 Å². The molecule has 2 heterocycles. The molecule has 5 rings (SSSR count). The molecule has 216 valence electrons. The molecule has 2 aliphatic heterocycles. The van der Waals surface area contributed by atoms with E-state index < -0.39 is 12.0 Å². The topological polar surface area (TPSA) is 80.7 Å². The van der Waals surface area contributed by atoms with Gasteiger partial charge in [0.2, 0.25) is 5.91 Å². The number of nitrogens with zero attached hydrogens (tertiary/aromatic N) is 3. The standard InChI is InChI=1S/C33H33N3O5S/c1-22-30(32(38)41-20-24-13-9-6-10-14-24)31(27-16-15-26(39-3)18-28(27)40-4)36-25(21-42-33(36)34-22)17-29(37)35(2)19-23-11-7-5-8-12-23/h5-16,18,21,31H,17,19-20H2,1-4H3/t31-/m0/s1. The molecule has 0 aromatic heterocycles. The van der Waals surface area contributed by atoms with Crippen molar-refractivity contribution in [3.05, 3.63) is 118 Å². The molecule has 0 N–H and O–H groups in total. The molecule has 0 unspecified atom stereocenters. The second kappa shape index (κ2) is 13.0. The van der Waals surface area contributed by atoms with Crippen LogP contribution in [-0.2, 0) is 27.5 Å². The van der Waals surface area contributed by atoms with Gasteiger partial charge in [0, 0.05) is 30.9 Å². The van der Waals surface area contributed by atoms with E-state index in [1.807, 2.05) is 90.0 Å². The fraction of sp³-hybridized carbons (Fsp3) is 0.242. The lowest BCUT2D eigenvalue weighted by Crippen LogP contribution is -2.38. The van der Waals surface area contributed by atoms with Gasteiger partial charge in [-0.2, -0.15) is 0 Å². The SMILES string of the molecule is COc1ccc([C@H]2C(C(=O)OCc3ccccc3)=C(C)N=C3SC=C(CC(=O)N(C)Cc4ccccc4)N32)c(OC)c1. The molecule has 3 aromatic rings. The predicted molar refractivity (Wildman–Crippen MR) is 164 cm³/mol. The van der Waals surface area contributed by atoms with Gasteiger partial charge in [-0.25, -0.2) is 9.79 Å². The van der Waals surface area contributed by atoms with Crippen LogP contribution in [0.5, 0.6) is 11.5 Å². The minimum Gasteiger partial charge on any atom is -0.497 e. The molecule has 0 bridgehead atoms. The monoisotopic (exact) mass is 583 g/mol. The lowest BCUT2D eigenvalue weighted by Gasteiger charge is -2.37. The van der Waals surface area contributed by atoms with Gasteiger partial charge in [0.05, 0.1) is 38.0 Å². The van der Waals surface area contributed by atoms with Gasteiger partial charge in [-0.15, -0.1) is 0 Å². The third-order valence-corrected chi connectivity index (χ3v) is 8.08. The average molecular weight is 584 g/mol. The first-order valence-corrected chi connectivity index (χ1v) is 14.4. The van der Waals surface area contributed by atoms with Crippen molar-refractivity contribution in [3.63, 3.8) is 0 Å². The first kappa shape index (κ1) is 29.0. The van der Waals surface area contributed by atoms with Crippen molar-refractivity contribution in [3.8, 4) is 11.5 Å². The zero-order chi connectivity index (χ0) is 29.6. The van der Waals surface area contributed by atoms with E-state index in [1.54, 1.807) is 32.2 Å². The Hall–Kier alpha value is -4.50. The number of hydrogen-bond acceptors (Lipinski definition) is 8. The summed E-state index contributed by atoms with van der Waals surface area (Å²) in [6.07, 6.45) is 0.135. The number of fused-ring (bicyclic) bond motifs is 1. The third-order valence-electron chi connectivity index (χ3n) is 7.19. The molecule has 9 heteroatoms. The van der Waals surface area contributed by atoms with E-state index in [9.17, 15) is 9.59 Å². The molecule has 1 atom stereocenters. The number of aliphatic imine (C=N–C) groups is 1. The van der Waals surface area contributed by atoms with Crippen LogP contribution >= 0.6 is 11.8 Å². The molecule has 0 saturated carbocycles. The highest BCUT2D eigenvalue weighted by Gasteiger charge is 2.42. The van der Waals surface area contributed by atoms with Crippen LogP contribution in [0.3, 0.4) is 0 Å². The quantitative estimate of drug-likeness (QED) is 0.268. The van der Waals surface area contributed by atoms with Crippen molar-refractivity contribution in [2.24, 2.45) is 4.99 Å². The van der Waals surface area contributed by atoms with Crippen LogP contribution in [0.15, 0.2) is 106 Å². The number of allylic oxidation sites excluding steroid dienone is 1. The van der Waals surface area contributed by atoms with E-state index in [4.69, 9.17) is 19.2 Å². The van der Waals surface area contributed by atoms with E-state index >= 15 is 0 Å². The molecule has 8 nitrogen and oxygen atoms in total. The summed E-state index contributed by atoms with van der Waals surface area (Å²) in [5.41, 5.74) is 4.34. The number of thioether (sulfide) groups is 1. The second-order valence-electron chi connectivity index (χ2n) is 9.97. The normalized spacial score (nSPS) is 15.9. The summed E-state index contributed by atoms with van der Waals surface area (Å²) in [6.45, 7) is 2.43. The van der Waals surface area contributed by atoms with Crippen molar-refractivity contribution >= 4 is 28.8 Å². The van der Waals surface area contributed by atoms with Crippen LogP contribution in [0.4, 0.5) is 0 Å². The summed E-state index contributed by atoms with van der Waals surface area (Å²) in [5.74, 6) is 0.640. The van der Waals surface area contributed by atoms with Crippen LogP contribution in [0.25, 0.3) is 0 Å². The summed E-state index contributed by atoms with van der Waals surface area (Å²) in [6, 6.07) is 24.3. The van der Waals surface area contributed by atoms with Gasteiger partial charge in [0.25, 0.3) is 0 Å². The Balaban J connectivity index is 1.48. The van der Waals surface area contributed by atoms with Gasteiger partial charge < -0.3 is 24.0 Å². The van der Waals surface area contributed by atoms with Crippen LogP contribution in [0.1, 0.15) is 36.1 Å². The Morgan fingerprint density at radius 1 is 0.952 bits per heavy atom. The van der Waals surface area contributed by atoms with Crippen molar-refractivity contribution in [1.82, 2.24) is 9.80 Å². The Labute approximate surface area is 250 Å². The highest BCUT2D eigenvalue weighted by atomic mass is 32.2. The lowest BCUT2D eigenvalue weighted by molar-refractivity contribution is -0.141. The summed E-state index contributed by atoms with van der Waals surface area (Å²) in [7, 11) is 4.97. The summed E-state index contributed by atoms with van der Waals surface area (Å²) in [5, 5.41) is 2.62. The maximum absolute atomic E-state index is 13.8.